The molecule has 0 aliphatic carbocycles. The second-order valence-electron chi connectivity index (χ2n) is 6.77. The molecule has 8 heteroatoms. The average molecular weight is 438 g/mol. The Bertz CT molecular complexity index is 1140. The van der Waals surface area contributed by atoms with Crippen molar-refractivity contribution < 1.29 is 24.2 Å². The minimum Gasteiger partial charge on any atom is -0.505 e. The number of phenols is 1. The molecule has 0 unspecified atom stereocenters. The SMILES string of the molecule is CCC[C@H](C(=O)O)c1c(C)n(C(=O)c2ccc(Cl)c(Cl)c2)c2cc(F)c(O)cc12. The van der Waals surface area contributed by atoms with Crippen LogP contribution >= 0.6 is 23.2 Å². The van der Waals surface area contributed by atoms with E-state index in [-0.39, 0.29) is 21.1 Å². The Morgan fingerprint density at radius 2 is 1.86 bits per heavy atom. The topological polar surface area (TPSA) is 79.5 Å². The van der Waals surface area contributed by atoms with Gasteiger partial charge in [0.05, 0.1) is 21.5 Å². The van der Waals surface area contributed by atoms with Gasteiger partial charge in [-0.2, -0.15) is 0 Å². The molecule has 0 aliphatic heterocycles. The number of hydrogen-bond acceptors (Lipinski definition) is 3. The summed E-state index contributed by atoms with van der Waals surface area (Å²) < 4.78 is 15.4. The molecule has 0 saturated heterocycles. The van der Waals surface area contributed by atoms with Gasteiger partial charge in [0.1, 0.15) is 0 Å². The highest BCUT2D eigenvalue weighted by molar-refractivity contribution is 6.42. The van der Waals surface area contributed by atoms with Crippen LogP contribution in [0.1, 0.15) is 47.3 Å². The van der Waals surface area contributed by atoms with Gasteiger partial charge < -0.3 is 10.2 Å². The molecule has 5 nitrogen and oxygen atoms in total. The molecule has 3 aromatic rings. The van der Waals surface area contributed by atoms with Crippen molar-refractivity contribution in [3.8, 4) is 5.75 Å². The molecular formula is C21H18Cl2FNO4. The van der Waals surface area contributed by atoms with Crippen molar-refractivity contribution in [1.82, 2.24) is 4.57 Å². The first kappa shape index (κ1) is 21.1. The molecule has 1 aromatic heterocycles. The number of phenolic OH excluding ortho intramolecular Hbond substituents is 1. The number of aliphatic carboxylic acids is 1. The smallest absolute Gasteiger partial charge is 0.311 e. The Kier molecular flexibility index (Phi) is 5.87. The van der Waals surface area contributed by atoms with Crippen LogP contribution in [0.15, 0.2) is 30.3 Å². The van der Waals surface area contributed by atoms with E-state index in [1.165, 1.54) is 22.8 Å². The number of carboxylic acids is 1. The zero-order chi connectivity index (χ0) is 21.5. The third kappa shape index (κ3) is 3.70. The van der Waals surface area contributed by atoms with E-state index in [1.54, 1.807) is 6.92 Å². The van der Waals surface area contributed by atoms with E-state index in [9.17, 15) is 24.2 Å². The van der Waals surface area contributed by atoms with Crippen LogP contribution in [0.5, 0.6) is 5.75 Å². The van der Waals surface area contributed by atoms with Gasteiger partial charge >= 0.3 is 5.97 Å². The van der Waals surface area contributed by atoms with Gasteiger partial charge in [-0.3, -0.25) is 14.2 Å². The predicted molar refractivity (Wildman–Crippen MR) is 110 cm³/mol. The first-order valence-electron chi connectivity index (χ1n) is 8.93. The largest absolute Gasteiger partial charge is 0.505 e. The highest BCUT2D eigenvalue weighted by Crippen LogP contribution is 2.38. The van der Waals surface area contributed by atoms with Crippen LogP contribution in [-0.2, 0) is 4.79 Å². The lowest BCUT2D eigenvalue weighted by Gasteiger charge is -2.13. The van der Waals surface area contributed by atoms with Crippen molar-refractivity contribution in [2.24, 2.45) is 0 Å². The number of rotatable bonds is 5. The number of carboxylic acid groups (broad SMARTS) is 1. The molecule has 29 heavy (non-hydrogen) atoms. The molecular weight excluding hydrogens is 420 g/mol. The number of benzene rings is 2. The maximum Gasteiger partial charge on any atom is 0.311 e. The first-order valence-corrected chi connectivity index (χ1v) is 9.68. The summed E-state index contributed by atoms with van der Waals surface area (Å²) in [5.74, 6) is -4.00. The van der Waals surface area contributed by atoms with E-state index in [1.807, 2.05) is 6.92 Å². The maximum absolute atomic E-state index is 14.1. The second kappa shape index (κ2) is 8.05. The van der Waals surface area contributed by atoms with Crippen LogP contribution in [0.4, 0.5) is 4.39 Å². The molecule has 0 bridgehead atoms. The zero-order valence-corrected chi connectivity index (χ0v) is 17.2. The molecule has 0 aliphatic rings. The zero-order valence-electron chi connectivity index (χ0n) is 15.7. The van der Waals surface area contributed by atoms with E-state index in [0.717, 1.165) is 12.1 Å². The summed E-state index contributed by atoms with van der Waals surface area (Å²) in [7, 11) is 0. The lowest BCUT2D eigenvalue weighted by Crippen LogP contribution is -2.16. The average Bonchev–Trinajstić information content (AvgIpc) is 2.92. The van der Waals surface area contributed by atoms with Crippen molar-refractivity contribution in [2.75, 3.05) is 0 Å². The van der Waals surface area contributed by atoms with Crippen LogP contribution in [0.3, 0.4) is 0 Å². The van der Waals surface area contributed by atoms with Gasteiger partial charge in [0, 0.05) is 22.7 Å². The Balaban J connectivity index is 2.33. The summed E-state index contributed by atoms with van der Waals surface area (Å²) in [6.07, 6.45) is 0.922. The Morgan fingerprint density at radius 1 is 1.17 bits per heavy atom. The fourth-order valence-corrected chi connectivity index (χ4v) is 3.89. The molecule has 0 radical (unpaired) electrons. The predicted octanol–water partition coefficient (Wildman–Crippen LogP) is 5.76. The monoisotopic (exact) mass is 437 g/mol. The fourth-order valence-electron chi connectivity index (χ4n) is 3.59. The number of halogens is 3. The molecule has 0 amide bonds. The molecule has 0 saturated carbocycles. The van der Waals surface area contributed by atoms with Gasteiger partial charge in [0.25, 0.3) is 5.91 Å². The Hall–Kier alpha value is -2.57. The molecule has 152 valence electrons. The minimum absolute atomic E-state index is 0.172. The maximum atomic E-state index is 14.1. The minimum atomic E-state index is -1.06. The molecule has 1 heterocycles. The van der Waals surface area contributed by atoms with E-state index in [0.29, 0.717) is 29.5 Å². The highest BCUT2D eigenvalue weighted by Gasteiger charge is 2.29. The fraction of sp³-hybridized carbons (Fsp3) is 0.238. The van der Waals surface area contributed by atoms with Crippen molar-refractivity contribution in [1.29, 1.82) is 0 Å². The van der Waals surface area contributed by atoms with Gasteiger partial charge in [0.2, 0.25) is 0 Å². The summed E-state index contributed by atoms with van der Waals surface area (Å²) in [6.45, 7) is 3.45. The van der Waals surface area contributed by atoms with Crippen LogP contribution < -0.4 is 0 Å². The number of hydrogen-bond donors (Lipinski definition) is 2. The van der Waals surface area contributed by atoms with E-state index >= 15 is 0 Å². The Morgan fingerprint density at radius 3 is 2.45 bits per heavy atom. The third-order valence-corrected chi connectivity index (χ3v) is 5.65. The highest BCUT2D eigenvalue weighted by atomic mass is 35.5. The summed E-state index contributed by atoms with van der Waals surface area (Å²) in [4.78, 5) is 25.1. The molecule has 2 aromatic carbocycles. The number of carbonyl (C=O) groups excluding carboxylic acids is 1. The molecule has 0 fully saturated rings. The van der Waals surface area contributed by atoms with Gasteiger partial charge in [-0.15, -0.1) is 0 Å². The van der Waals surface area contributed by atoms with E-state index in [2.05, 4.69) is 0 Å². The number of fused-ring (bicyclic) bond motifs is 1. The number of aromatic nitrogens is 1. The summed E-state index contributed by atoms with van der Waals surface area (Å²) >= 11 is 11.9. The van der Waals surface area contributed by atoms with E-state index in [4.69, 9.17) is 23.2 Å². The number of nitrogens with zero attached hydrogens (tertiary/aromatic N) is 1. The van der Waals surface area contributed by atoms with Crippen molar-refractivity contribution >= 4 is 46.0 Å². The molecule has 1 atom stereocenters. The van der Waals surface area contributed by atoms with Gasteiger partial charge in [0.15, 0.2) is 11.6 Å². The van der Waals surface area contributed by atoms with Crippen molar-refractivity contribution in [2.45, 2.75) is 32.6 Å². The summed E-state index contributed by atoms with van der Waals surface area (Å²) in [5, 5.41) is 20.4. The van der Waals surface area contributed by atoms with Crippen LogP contribution in [0, 0.1) is 12.7 Å². The third-order valence-electron chi connectivity index (χ3n) is 4.91. The lowest BCUT2D eigenvalue weighted by molar-refractivity contribution is -0.139. The molecule has 2 N–H and O–H groups in total. The molecule has 3 rings (SSSR count). The summed E-state index contributed by atoms with van der Waals surface area (Å²) in [5.41, 5.74) is 1.12. The quantitative estimate of drug-likeness (QED) is 0.531. The standard InChI is InChI=1S/C21H18Cl2FNO4/c1-3-4-12(21(28)29)19-10(2)25(17-9-16(24)18(26)8-13(17)19)20(27)11-5-6-14(22)15(23)7-11/h5-9,12,26H,3-4H2,1-2H3,(H,28,29)/t12-/m0/s1. The van der Waals surface area contributed by atoms with Gasteiger partial charge in [-0.05, 0) is 43.2 Å². The number of aromatic hydroxyl groups is 1. The van der Waals surface area contributed by atoms with Crippen molar-refractivity contribution in [3.63, 3.8) is 0 Å². The van der Waals surface area contributed by atoms with Crippen LogP contribution in [-0.4, -0.2) is 26.7 Å². The second-order valence-corrected chi connectivity index (χ2v) is 7.58. The lowest BCUT2D eigenvalue weighted by atomic mass is 9.92. The van der Waals surface area contributed by atoms with Crippen LogP contribution in [0.25, 0.3) is 10.9 Å². The first-order chi connectivity index (χ1) is 13.7. The van der Waals surface area contributed by atoms with Crippen LogP contribution in [0.2, 0.25) is 10.0 Å². The van der Waals surface area contributed by atoms with Gasteiger partial charge in [-0.25, -0.2) is 4.39 Å². The Labute approximate surface area is 176 Å². The van der Waals surface area contributed by atoms with Gasteiger partial charge in [-0.1, -0.05) is 36.5 Å². The number of carbonyl (C=O) groups is 2. The molecule has 0 spiro atoms. The van der Waals surface area contributed by atoms with E-state index < -0.39 is 29.4 Å². The normalized spacial score (nSPS) is 12.3. The van der Waals surface area contributed by atoms with Crippen molar-refractivity contribution in [3.05, 3.63) is 63.0 Å². The summed E-state index contributed by atoms with van der Waals surface area (Å²) in [6, 6.07) is 6.55.